The molecule has 3 aromatic heterocycles. The molecule has 5 aromatic rings. The van der Waals surface area contributed by atoms with Crippen LogP contribution in [-0.4, -0.2) is 32.8 Å². The number of hydrogen-bond donors (Lipinski definition) is 2. The average molecular weight is 481 g/mol. The standard InChI is InChI=1S/C27H24N6OS/c1-33(16-18-6-3-2-4-7-18)27(34)21-8-5-13-29-26(21)30-15-20-10-12-24(35-20)19-9-11-23-22(14-19)25(28)32-17-31-23/h2-14,17H,15-16H2,1H3,(H,29,30)(H2,28,31,32). The van der Waals surface area contributed by atoms with E-state index in [2.05, 4.69) is 32.4 Å². The van der Waals surface area contributed by atoms with Crippen molar-refractivity contribution in [3.05, 3.63) is 101 Å². The van der Waals surface area contributed by atoms with E-state index in [1.54, 1.807) is 41.6 Å². The number of fused-ring (bicyclic) bond motifs is 1. The molecule has 0 atom stereocenters. The van der Waals surface area contributed by atoms with E-state index in [4.69, 9.17) is 5.73 Å². The number of carbonyl (C=O) groups excluding carboxylic acids is 1. The van der Waals surface area contributed by atoms with Gasteiger partial charge in [0.05, 0.1) is 17.6 Å². The molecule has 0 bridgehead atoms. The van der Waals surface area contributed by atoms with Gasteiger partial charge in [0.15, 0.2) is 0 Å². The Morgan fingerprint density at radius 3 is 2.71 bits per heavy atom. The van der Waals surface area contributed by atoms with Crippen LogP contribution in [0.2, 0.25) is 0 Å². The summed E-state index contributed by atoms with van der Waals surface area (Å²) in [7, 11) is 1.80. The van der Waals surface area contributed by atoms with Crippen molar-refractivity contribution in [2.24, 2.45) is 0 Å². The molecule has 0 saturated heterocycles. The molecule has 2 aromatic carbocycles. The zero-order chi connectivity index (χ0) is 24.2. The van der Waals surface area contributed by atoms with Gasteiger partial charge in [-0.2, -0.15) is 0 Å². The predicted octanol–water partition coefficient (Wildman–Crippen LogP) is 5.22. The lowest BCUT2D eigenvalue weighted by Gasteiger charge is -2.19. The van der Waals surface area contributed by atoms with Crippen LogP contribution in [0.15, 0.2) is 85.3 Å². The fourth-order valence-electron chi connectivity index (χ4n) is 3.88. The fraction of sp³-hybridized carbons (Fsp3) is 0.111. The molecular weight excluding hydrogens is 456 g/mol. The first-order chi connectivity index (χ1) is 17.1. The van der Waals surface area contributed by atoms with Crippen molar-refractivity contribution >= 4 is 39.8 Å². The van der Waals surface area contributed by atoms with Crippen LogP contribution in [0.25, 0.3) is 21.3 Å². The second kappa shape index (κ2) is 9.90. The van der Waals surface area contributed by atoms with Crippen molar-refractivity contribution in [3.63, 3.8) is 0 Å². The van der Waals surface area contributed by atoms with Crippen LogP contribution in [-0.2, 0) is 13.1 Å². The summed E-state index contributed by atoms with van der Waals surface area (Å²) in [5.41, 5.74) is 9.54. The first kappa shape index (κ1) is 22.5. The van der Waals surface area contributed by atoms with Gasteiger partial charge in [-0.05, 0) is 47.5 Å². The highest BCUT2D eigenvalue weighted by Gasteiger charge is 2.17. The first-order valence-electron chi connectivity index (χ1n) is 11.2. The minimum atomic E-state index is -0.0766. The topological polar surface area (TPSA) is 97.0 Å². The Balaban J connectivity index is 1.30. The molecule has 3 N–H and O–H groups in total. The van der Waals surface area contributed by atoms with Gasteiger partial charge in [0.1, 0.15) is 18.0 Å². The van der Waals surface area contributed by atoms with Gasteiger partial charge in [-0.1, -0.05) is 36.4 Å². The Morgan fingerprint density at radius 2 is 1.86 bits per heavy atom. The molecule has 0 spiro atoms. The molecule has 8 heteroatoms. The number of rotatable bonds is 7. The maximum Gasteiger partial charge on any atom is 0.257 e. The zero-order valence-corrected chi connectivity index (χ0v) is 20.0. The number of aromatic nitrogens is 3. The minimum absolute atomic E-state index is 0.0766. The van der Waals surface area contributed by atoms with Crippen LogP contribution in [0.1, 0.15) is 20.8 Å². The van der Waals surface area contributed by atoms with E-state index in [1.807, 2.05) is 48.5 Å². The summed E-state index contributed by atoms with van der Waals surface area (Å²) >= 11 is 1.67. The third-order valence-corrected chi connectivity index (χ3v) is 6.82. The van der Waals surface area contributed by atoms with Crippen molar-refractivity contribution < 1.29 is 4.79 Å². The number of benzene rings is 2. The number of anilines is 2. The quantitative estimate of drug-likeness (QED) is 0.331. The van der Waals surface area contributed by atoms with Gasteiger partial charge in [0.2, 0.25) is 0 Å². The zero-order valence-electron chi connectivity index (χ0n) is 19.2. The summed E-state index contributed by atoms with van der Waals surface area (Å²) in [6.07, 6.45) is 3.17. The summed E-state index contributed by atoms with van der Waals surface area (Å²) < 4.78 is 0. The molecular formula is C27H24N6OS. The van der Waals surface area contributed by atoms with E-state index in [-0.39, 0.29) is 5.91 Å². The number of nitrogen functional groups attached to an aromatic ring is 1. The molecule has 0 aliphatic rings. The van der Waals surface area contributed by atoms with Gasteiger partial charge >= 0.3 is 0 Å². The molecule has 0 unspecified atom stereocenters. The monoisotopic (exact) mass is 480 g/mol. The molecule has 0 aliphatic heterocycles. The van der Waals surface area contributed by atoms with Crippen molar-refractivity contribution in [1.82, 2.24) is 19.9 Å². The summed E-state index contributed by atoms with van der Waals surface area (Å²) in [4.78, 5) is 29.9. The van der Waals surface area contributed by atoms with Gasteiger partial charge in [0.25, 0.3) is 5.91 Å². The second-order valence-electron chi connectivity index (χ2n) is 8.16. The molecule has 0 saturated carbocycles. The van der Waals surface area contributed by atoms with E-state index in [0.717, 1.165) is 31.8 Å². The van der Waals surface area contributed by atoms with Gasteiger partial charge in [0, 0.05) is 34.9 Å². The van der Waals surface area contributed by atoms with Crippen molar-refractivity contribution in [1.29, 1.82) is 0 Å². The molecule has 0 aliphatic carbocycles. The minimum Gasteiger partial charge on any atom is -0.383 e. The third kappa shape index (κ3) is 4.97. The van der Waals surface area contributed by atoms with E-state index >= 15 is 0 Å². The molecule has 0 fully saturated rings. The lowest BCUT2D eigenvalue weighted by atomic mass is 10.1. The Hall–Kier alpha value is -4.30. The van der Waals surface area contributed by atoms with Crippen molar-refractivity contribution in [2.45, 2.75) is 13.1 Å². The molecule has 7 nitrogen and oxygen atoms in total. The Morgan fingerprint density at radius 1 is 1.00 bits per heavy atom. The summed E-state index contributed by atoms with van der Waals surface area (Å²) in [5.74, 6) is 0.968. The van der Waals surface area contributed by atoms with E-state index < -0.39 is 0 Å². The van der Waals surface area contributed by atoms with E-state index in [1.165, 1.54) is 6.33 Å². The lowest BCUT2D eigenvalue weighted by molar-refractivity contribution is 0.0785. The largest absolute Gasteiger partial charge is 0.383 e. The van der Waals surface area contributed by atoms with Gasteiger partial charge in [-0.3, -0.25) is 4.79 Å². The predicted molar refractivity (Wildman–Crippen MR) is 141 cm³/mol. The summed E-state index contributed by atoms with van der Waals surface area (Å²) in [5, 5.41) is 4.19. The Bertz CT molecular complexity index is 1480. The maximum absolute atomic E-state index is 13.1. The average Bonchev–Trinajstić information content (AvgIpc) is 3.37. The number of hydrogen-bond acceptors (Lipinski definition) is 7. The smallest absolute Gasteiger partial charge is 0.257 e. The van der Waals surface area contributed by atoms with Crippen molar-refractivity contribution in [3.8, 4) is 10.4 Å². The third-order valence-electron chi connectivity index (χ3n) is 5.69. The number of amides is 1. The molecule has 5 rings (SSSR count). The highest BCUT2D eigenvalue weighted by molar-refractivity contribution is 7.15. The fourth-order valence-corrected chi connectivity index (χ4v) is 4.83. The molecule has 1 amide bonds. The normalized spacial score (nSPS) is 10.9. The van der Waals surface area contributed by atoms with Gasteiger partial charge in [-0.25, -0.2) is 15.0 Å². The SMILES string of the molecule is CN(Cc1ccccc1)C(=O)c1cccnc1NCc1ccc(-c2ccc3ncnc(N)c3c2)s1. The summed E-state index contributed by atoms with van der Waals surface area (Å²) in [6, 6.07) is 23.7. The van der Waals surface area contributed by atoms with Gasteiger partial charge < -0.3 is 16.0 Å². The molecule has 174 valence electrons. The van der Waals surface area contributed by atoms with Crippen LogP contribution < -0.4 is 11.1 Å². The number of carbonyl (C=O) groups is 1. The summed E-state index contributed by atoms with van der Waals surface area (Å²) in [6.45, 7) is 1.09. The highest BCUT2D eigenvalue weighted by Crippen LogP contribution is 2.31. The molecule has 0 radical (unpaired) electrons. The number of pyridine rings is 1. The van der Waals surface area contributed by atoms with Crippen LogP contribution in [0, 0.1) is 0 Å². The Kier molecular flexibility index (Phi) is 6.36. The van der Waals surface area contributed by atoms with Crippen LogP contribution >= 0.6 is 11.3 Å². The molecule has 3 heterocycles. The number of nitrogens with two attached hydrogens (primary N) is 1. The number of nitrogens with zero attached hydrogens (tertiary/aromatic N) is 4. The second-order valence-corrected chi connectivity index (χ2v) is 9.33. The van der Waals surface area contributed by atoms with Crippen LogP contribution in [0.3, 0.4) is 0 Å². The number of nitrogens with one attached hydrogen (secondary N) is 1. The lowest BCUT2D eigenvalue weighted by Crippen LogP contribution is -2.27. The van der Waals surface area contributed by atoms with Gasteiger partial charge in [-0.15, -0.1) is 11.3 Å². The Labute approximate surface area is 207 Å². The number of thiophene rings is 1. The van der Waals surface area contributed by atoms with Crippen LogP contribution in [0.5, 0.6) is 0 Å². The maximum atomic E-state index is 13.1. The van der Waals surface area contributed by atoms with Crippen LogP contribution in [0.4, 0.5) is 11.6 Å². The van der Waals surface area contributed by atoms with E-state index in [0.29, 0.717) is 30.3 Å². The van der Waals surface area contributed by atoms with E-state index in [9.17, 15) is 4.79 Å². The first-order valence-corrected chi connectivity index (χ1v) is 12.0. The highest BCUT2D eigenvalue weighted by atomic mass is 32.1. The molecule has 35 heavy (non-hydrogen) atoms. The van der Waals surface area contributed by atoms with Crippen molar-refractivity contribution in [2.75, 3.05) is 18.1 Å².